The maximum atomic E-state index is 12.7. The first-order valence-corrected chi connectivity index (χ1v) is 10.2. The van der Waals surface area contributed by atoms with Crippen molar-refractivity contribution in [3.05, 3.63) is 41.1 Å². The minimum atomic E-state index is -0.645. The Hall–Kier alpha value is -2.79. The van der Waals surface area contributed by atoms with Crippen LogP contribution in [0.15, 0.2) is 39.9 Å². The number of benzene rings is 1. The number of nitrogens with one attached hydrogen (secondary N) is 2. The molecule has 0 saturated heterocycles. The van der Waals surface area contributed by atoms with E-state index in [1.807, 2.05) is 0 Å². The summed E-state index contributed by atoms with van der Waals surface area (Å²) in [4.78, 5) is 24.9. The van der Waals surface area contributed by atoms with Crippen molar-refractivity contribution >= 4 is 40.2 Å². The molecule has 0 bridgehead atoms. The number of carbonyl (C=O) groups excluding carboxylic acids is 2. The number of nitrogens with zero attached hydrogens (tertiary/aromatic N) is 2. The third kappa shape index (κ3) is 4.54. The lowest BCUT2D eigenvalue weighted by molar-refractivity contribution is -0.139. The molecule has 2 amide bonds. The quantitative estimate of drug-likeness (QED) is 0.458. The Morgan fingerprint density at radius 2 is 2.07 bits per heavy atom. The topological polar surface area (TPSA) is 128 Å². The summed E-state index contributed by atoms with van der Waals surface area (Å²) in [5.74, 6) is 0.488. The summed E-state index contributed by atoms with van der Waals surface area (Å²) >= 11 is 2.56. The number of ether oxygens (including phenoxy) is 2. The molecule has 28 heavy (non-hydrogen) atoms. The molecule has 1 aromatic heterocycles. The smallest absolute Gasteiger partial charge is 0.338 e. The predicted octanol–water partition coefficient (Wildman–Crippen LogP) is 2.09. The second-order valence-corrected chi connectivity index (χ2v) is 7.84. The molecular formula is C17H19N5O4S2. The molecule has 0 radical (unpaired) electrons. The van der Waals surface area contributed by atoms with Crippen LogP contribution in [0.5, 0.6) is 5.75 Å². The van der Waals surface area contributed by atoms with Gasteiger partial charge in [0.05, 0.1) is 25.3 Å². The Balaban J connectivity index is 1.95. The zero-order valence-electron chi connectivity index (χ0n) is 15.2. The van der Waals surface area contributed by atoms with Crippen molar-refractivity contribution < 1.29 is 19.1 Å². The minimum Gasteiger partial charge on any atom is -0.497 e. The number of rotatable bonds is 7. The highest BCUT2D eigenvalue weighted by Gasteiger charge is 2.33. The number of aromatic nitrogens is 2. The van der Waals surface area contributed by atoms with Gasteiger partial charge < -0.3 is 25.8 Å². The molecule has 3 rings (SSSR count). The Bertz CT molecular complexity index is 897. The number of esters is 1. The zero-order chi connectivity index (χ0) is 20.1. The number of amides is 2. The van der Waals surface area contributed by atoms with Gasteiger partial charge in [0.2, 0.25) is 5.13 Å². The molecule has 1 aliphatic rings. The van der Waals surface area contributed by atoms with E-state index in [9.17, 15) is 9.59 Å². The van der Waals surface area contributed by atoms with E-state index in [0.717, 1.165) is 5.56 Å². The average Bonchev–Trinajstić information content (AvgIpc) is 3.11. The van der Waals surface area contributed by atoms with Crippen molar-refractivity contribution in [2.45, 2.75) is 17.3 Å². The second-order valence-electron chi connectivity index (χ2n) is 5.61. The summed E-state index contributed by atoms with van der Waals surface area (Å²) in [5, 5.41) is 13.6. The molecule has 9 nitrogen and oxygen atoms in total. The van der Waals surface area contributed by atoms with Crippen LogP contribution in [0.25, 0.3) is 0 Å². The first kappa shape index (κ1) is 20.0. The monoisotopic (exact) mass is 421 g/mol. The summed E-state index contributed by atoms with van der Waals surface area (Å²) in [6.45, 7) is 1.95. The molecule has 0 aliphatic carbocycles. The van der Waals surface area contributed by atoms with Gasteiger partial charge in [-0.3, -0.25) is 0 Å². The number of methoxy groups -OCH3 is 1. The predicted molar refractivity (Wildman–Crippen MR) is 106 cm³/mol. The molecule has 2 aromatic rings. The zero-order valence-corrected chi connectivity index (χ0v) is 16.9. The third-order valence-electron chi connectivity index (χ3n) is 3.86. The van der Waals surface area contributed by atoms with E-state index >= 15 is 0 Å². The maximum Gasteiger partial charge on any atom is 0.338 e. The molecule has 1 aromatic carbocycles. The highest BCUT2D eigenvalue weighted by atomic mass is 32.2. The fourth-order valence-corrected chi connectivity index (χ4v) is 4.25. The molecule has 0 saturated carbocycles. The van der Waals surface area contributed by atoms with Gasteiger partial charge >= 0.3 is 12.0 Å². The van der Waals surface area contributed by atoms with Crippen LogP contribution in [0.3, 0.4) is 0 Å². The van der Waals surface area contributed by atoms with Gasteiger partial charge in [0.25, 0.3) is 0 Å². The van der Waals surface area contributed by atoms with E-state index in [1.165, 1.54) is 23.1 Å². The van der Waals surface area contributed by atoms with Crippen molar-refractivity contribution in [2.75, 3.05) is 25.2 Å². The van der Waals surface area contributed by atoms with Crippen molar-refractivity contribution in [2.24, 2.45) is 0 Å². The number of nitrogen functional groups attached to an aromatic ring is 1. The molecule has 4 N–H and O–H groups in total. The maximum absolute atomic E-state index is 12.7. The normalized spacial score (nSPS) is 16.4. The molecule has 11 heteroatoms. The molecule has 1 aliphatic heterocycles. The van der Waals surface area contributed by atoms with Gasteiger partial charge in [-0.1, -0.05) is 35.2 Å². The van der Waals surface area contributed by atoms with Crippen LogP contribution in [0.4, 0.5) is 9.93 Å². The van der Waals surface area contributed by atoms with Crippen LogP contribution >= 0.6 is 23.1 Å². The van der Waals surface area contributed by atoms with Crippen LogP contribution in [0.1, 0.15) is 18.5 Å². The number of anilines is 1. The number of carbonyl (C=O) groups is 2. The summed E-state index contributed by atoms with van der Waals surface area (Å²) in [5.41, 5.74) is 7.14. The average molecular weight is 422 g/mol. The minimum absolute atomic E-state index is 0.221. The molecule has 2 heterocycles. The number of urea groups is 1. The number of hydrogen-bond acceptors (Lipinski definition) is 9. The van der Waals surface area contributed by atoms with Crippen LogP contribution < -0.4 is 21.1 Å². The highest BCUT2D eigenvalue weighted by molar-refractivity contribution is 8.01. The third-order valence-corrected chi connectivity index (χ3v) is 5.77. The fraction of sp³-hybridized carbons (Fsp3) is 0.294. The molecule has 0 fully saturated rings. The summed E-state index contributed by atoms with van der Waals surface area (Å²) in [6, 6.07) is 6.08. The van der Waals surface area contributed by atoms with Crippen LogP contribution in [0, 0.1) is 0 Å². The summed E-state index contributed by atoms with van der Waals surface area (Å²) in [6.07, 6.45) is 0. The molecule has 1 atom stereocenters. The van der Waals surface area contributed by atoms with Crippen molar-refractivity contribution in [1.82, 2.24) is 20.8 Å². The molecule has 0 unspecified atom stereocenters. The molecular weight excluding hydrogens is 402 g/mol. The van der Waals surface area contributed by atoms with E-state index in [-0.39, 0.29) is 6.61 Å². The van der Waals surface area contributed by atoms with Crippen LogP contribution in [-0.4, -0.2) is 41.7 Å². The van der Waals surface area contributed by atoms with E-state index in [1.54, 1.807) is 38.3 Å². The lowest BCUT2D eigenvalue weighted by Crippen LogP contribution is -2.46. The lowest BCUT2D eigenvalue weighted by atomic mass is 9.95. The number of thioether (sulfide) groups is 1. The van der Waals surface area contributed by atoms with Crippen molar-refractivity contribution in [3.8, 4) is 5.75 Å². The Kier molecular flexibility index (Phi) is 6.37. The highest BCUT2D eigenvalue weighted by Crippen LogP contribution is 2.32. The van der Waals surface area contributed by atoms with Gasteiger partial charge in [0, 0.05) is 11.4 Å². The van der Waals surface area contributed by atoms with Gasteiger partial charge in [-0.05, 0) is 24.6 Å². The SMILES string of the molecule is CCOC(=O)C1=C(CSc2nnc(N)s2)NC(=O)N[C@H]1c1ccc(OC)cc1. The number of hydrogen-bond donors (Lipinski definition) is 3. The van der Waals surface area contributed by atoms with Gasteiger partial charge in [0.1, 0.15) is 5.75 Å². The Morgan fingerprint density at radius 1 is 1.32 bits per heavy atom. The fourth-order valence-electron chi connectivity index (χ4n) is 2.64. The number of nitrogens with two attached hydrogens (primary N) is 1. The lowest BCUT2D eigenvalue weighted by Gasteiger charge is -2.29. The summed E-state index contributed by atoms with van der Waals surface area (Å²) in [7, 11) is 1.57. The van der Waals surface area contributed by atoms with Gasteiger partial charge in [-0.25, -0.2) is 9.59 Å². The van der Waals surface area contributed by atoms with E-state index < -0.39 is 18.0 Å². The van der Waals surface area contributed by atoms with Gasteiger partial charge in [0.15, 0.2) is 4.34 Å². The first-order valence-electron chi connectivity index (χ1n) is 8.35. The van der Waals surface area contributed by atoms with Crippen molar-refractivity contribution in [3.63, 3.8) is 0 Å². The second kappa shape index (κ2) is 8.93. The van der Waals surface area contributed by atoms with Crippen molar-refractivity contribution in [1.29, 1.82) is 0 Å². The van der Waals surface area contributed by atoms with Crippen LogP contribution in [-0.2, 0) is 9.53 Å². The van der Waals surface area contributed by atoms with E-state index in [0.29, 0.717) is 32.2 Å². The molecule has 148 valence electrons. The Labute approximate surface area is 169 Å². The van der Waals surface area contributed by atoms with Gasteiger partial charge in [-0.2, -0.15) is 0 Å². The van der Waals surface area contributed by atoms with Gasteiger partial charge in [-0.15, -0.1) is 10.2 Å². The summed E-state index contributed by atoms with van der Waals surface area (Å²) < 4.78 is 11.0. The standard InChI is InChI=1S/C17H19N5O4S2/c1-3-26-14(23)12-11(8-27-17-22-21-15(18)28-17)19-16(24)20-13(12)9-4-6-10(25-2)7-5-9/h4-7,13H,3,8H2,1-2H3,(H2,18,21)(H2,19,20,24)/t13-/m0/s1. The molecule has 0 spiro atoms. The van der Waals surface area contributed by atoms with E-state index in [2.05, 4.69) is 20.8 Å². The van der Waals surface area contributed by atoms with E-state index in [4.69, 9.17) is 15.2 Å². The Morgan fingerprint density at radius 3 is 2.68 bits per heavy atom. The largest absolute Gasteiger partial charge is 0.497 e. The van der Waals surface area contributed by atoms with Crippen LogP contribution in [0.2, 0.25) is 0 Å². The first-order chi connectivity index (χ1) is 13.5.